The van der Waals surface area contributed by atoms with Crippen molar-refractivity contribution in [2.45, 2.75) is 70.8 Å². The molecule has 21 heavy (non-hydrogen) atoms. The number of nitrogens with one attached hydrogen (secondary N) is 1. The van der Waals surface area contributed by atoms with Crippen LogP contribution in [0.25, 0.3) is 0 Å². The van der Waals surface area contributed by atoms with Crippen LogP contribution in [0.5, 0.6) is 0 Å². The molecule has 0 heterocycles. The quantitative estimate of drug-likeness (QED) is 0.559. The molecule has 0 aromatic carbocycles. The Kier molecular flexibility index (Phi) is 6.51. The molecule has 0 spiro atoms. The van der Waals surface area contributed by atoms with Gasteiger partial charge in [0.05, 0.1) is 5.75 Å². The highest BCUT2D eigenvalue weighted by Crippen LogP contribution is 2.43. The molecule has 2 saturated carbocycles. The minimum Gasteiger partial charge on any atom is -0.271 e. The Labute approximate surface area is 130 Å². The highest BCUT2D eigenvalue weighted by Gasteiger charge is 2.34. The average molecular weight is 317 g/mol. The summed E-state index contributed by atoms with van der Waals surface area (Å²) in [7, 11) is -2.84. The Morgan fingerprint density at radius 1 is 1.14 bits per heavy atom. The Bertz CT molecular complexity index is 411. The fraction of sp³-hybridized carbons (Fsp3) is 1.00. The lowest BCUT2D eigenvalue weighted by Gasteiger charge is -2.41. The van der Waals surface area contributed by atoms with Crippen LogP contribution in [0.4, 0.5) is 0 Å². The molecule has 5 heteroatoms. The molecule has 0 radical (unpaired) electrons. The van der Waals surface area contributed by atoms with E-state index < -0.39 is 9.84 Å². The zero-order valence-electron chi connectivity index (χ0n) is 13.4. The number of sulfone groups is 1. The molecule has 0 bridgehead atoms. The SMILES string of the molecule is CCS(=O)(=O)CCCC(NN)C1CCC2CCCCC2C1. The van der Waals surface area contributed by atoms with Gasteiger partial charge in [-0.3, -0.25) is 11.3 Å². The Morgan fingerprint density at radius 3 is 2.52 bits per heavy atom. The first-order valence-electron chi connectivity index (χ1n) is 8.72. The van der Waals surface area contributed by atoms with Crippen LogP contribution in [0.2, 0.25) is 0 Å². The molecule has 2 fully saturated rings. The van der Waals surface area contributed by atoms with Crippen LogP contribution in [0.1, 0.15) is 64.7 Å². The second-order valence-corrected chi connectivity index (χ2v) is 9.50. The van der Waals surface area contributed by atoms with Gasteiger partial charge in [-0.2, -0.15) is 0 Å². The van der Waals surface area contributed by atoms with Gasteiger partial charge in [0.2, 0.25) is 0 Å². The minimum atomic E-state index is -2.84. The van der Waals surface area contributed by atoms with E-state index in [9.17, 15) is 8.42 Å². The smallest absolute Gasteiger partial charge is 0.150 e. The zero-order valence-corrected chi connectivity index (χ0v) is 14.2. The molecule has 0 aliphatic heterocycles. The second-order valence-electron chi connectivity index (χ2n) is 7.03. The lowest BCUT2D eigenvalue weighted by molar-refractivity contribution is 0.107. The standard InChI is InChI=1S/C16H32N2O2S/c1-2-21(19,20)11-5-8-16(18-17)15-10-9-13-6-3-4-7-14(13)12-15/h13-16,18H,2-12,17H2,1H3. The molecular formula is C16H32N2O2S. The maximum absolute atomic E-state index is 11.6. The van der Waals surface area contributed by atoms with Crippen molar-refractivity contribution in [3.05, 3.63) is 0 Å². The number of hydrazine groups is 1. The van der Waals surface area contributed by atoms with E-state index in [2.05, 4.69) is 5.43 Å². The largest absolute Gasteiger partial charge is 0.271 e. The normalized spacial score (nSPS) is 31.6. The van der Waals surface area contributed by atoms with Gasteiger partial charge in [0.25, 0.3) is 0 Å². The van der Waals surface area contributed by atoms with E-state index in [1.165, 1.54) is 44.9 Å². The number of nitrogens with two attached hydrogens (primary N) is 1. The van der Waals surface area contributed by atoms with Crippen molar-refractivity contribution >= 4 is 9.84 Å². The van der Waals surface area contributed by atoms with Crippen molar-refractivity contribution < 1.29 is 8.42 Å². The van der Waals surface area contributed by atoms with E-state index in [1.54, 1.807) is 6.92 Å². The first kappa shape index (κ1) is 17.2. The van der Waals surface area contributed by atoms with Gasteiger partial charge >= 0.3 is 0 Å². The molecular weight excluding hydrogens is 284 g/mol. The van der Waals surface area contributed by atoms with Gasteiger partial charge in [-0.1, -0.05) is 32.6 Å². The molecule has 2 rings (SSSR count). The Hall–Kier alpha value is -0.130. The molecule has 2 aliphatic carbocycles. The van der Waals surface area contributed by atoms with Crippen molar-refractivity contribution in [1.82, 2.24) is 5.43 Å². The van der Waals surface area contributed by atoms with Crippen LogP contribution in [-0.4, -0.2) is 26.0 Å². The summed E-state index contributed by atoms with van der Waals surface area (Å²) in [6.45, 7) is 1.72. The minimum absolute atomic E-state index is 0.251. The van der Waals surface area contributed by atoms with E-state index >= 15 is 0 Å². The van der Waals surface area contributed by atoms with Gasteiger partial charge in [0.1, 0.15) is 9.84 Å². The monoisotopic (exact) mass is 316 g/mol. The summed E-state index contributed by atoms with van der Waals surface area (Å²) in [6.07, 6.45) is 11.1. The van der Waals surface area contributed by atoms with E-state index in [0.29, 0.717) is 17.7 Å². The summed E-state index contributed by atoms with van der Waals surface area (Å²) in [6, 6.07) is 0.292. The third-order valence-electron chi connectivity index (χ3n) is 5.77. The van der Waals surface area contributed by atoms with E-state index in [4.69, 9.17) is 5.84 Å². The van der Waals surface area contributed by atoms with Crippen molar-refractivity contribution in [1.29, 1.82) is 0 Å². The topological polar surface area (TPSA) is 72.2 Å². The molecule has 0 aromatic rings. The number of hydrogen-bond acceptors (Lipinski definition) is 4. The highest BCUT2D eigenvalue weighted by molar-refractivity contribution is 7.91. The summed E-state index contributed by atoms with van der Waals surface area (Å²) in [4.78, 5) is 0. The predicted octanol–water partition coefficient (Wildman–Crippen LogP) is 2.64. The third kappa shape index (κ3) is 4.93. The van der Waals surface area contributed by atoms with Crippen LogP contribution in [0.3, 0.4) is 0 Å². The van der Waals surface area contributed by atoms with Crippen molar-refractivity contribution in [2.24, 2.45) is 23.6 Å². The average Bonchev–Trinajstić information content (AvgIpc) is 2.51. The lowest BCUT2D eigenvalue weighted by atomic mass is 9.66. The lowest BCUT2D eigenvalue weighted by Crippen LogP contribution is -2.44. The highest BCUT2D eigenvalue weighted by atomic mass is 32.2. The summed E-state index contributed by atoms with van der Waals surface area (Å²) in [5.41, 5.74) is 2.98. The van der Waals surface area contributed by atoms with Gasteiger partial charge in [0, 0.05) is 11.8 Å². The maximum Gasteiger partial charge on any atom is 0.150 e. The van der Waals surface area contributed by atoms with Crippen LogP contribution in [0, 0.1) is 17.8 Å². The molecule has 0 saturated heterocycles. The van der Waals surface area contributed by atoms with E-state index in [-0.39, 0.29) is 5.75 Å². The Morgan fingerprint density at radius 2 is 1.86 bits per heavy atom. The molecule has 124 valence electrons. The first-order valence-corrected chi connectivity index (χ1v) is 10.5. The number of fused-ring (bicyclic) bond motifs is 1. The zero-order chi connectivity index (χ0) is 15.3. The van der Waals surface area contributed by atoms with Crippen LogP contribution in [0.15, 0.2) is 0 Å². The van der Waals surface area contributed by atoms with Gasteiger partial charge in [-0.15, -0.1) is 0 Å². The molecule has 0 amide bonds. The maximum atomic E-state index is 11.6. The van der Waals surface area contributed by atoms with E-state index in [1.807, 2.05) is 0 Å². The first-order chi connectivity index (χ1) is 10.1. The summed E-state index contributed by atoms with van der Waals surface area (Å²) in [5, 5.41) is 0. The van der Waals surface area contributed by atoms with Gasteiger partial charge in [0.15, 0.2) is 0 Å². The Balaban J connectivity index is 1.81. The molecule has 3 N–H and O–H groups in total. The molecule has 4 nitrogen and oxygen atoms in total. The molecule has 4 atom stereocenters. The van der Waals surface area contributed by atoms with Gasteiger partial charge in [-0.25, -0.2) is 8.42 Å². The van der Waals surface area contributed by atoms with Gasteiger partial charge < -0.3 is 0 Å². The van der Waals surface area contributed by atoms with Gasteiger partial charge in [-0.05, 0) is 49.9 Å². The van der Waals surface area contributed by atoms with Crippen LogP contribution >= 0.6 is 0 Å². The fourth-order valence-corrected chi connectivity index (χ4v) is 5.29. The summed E-state index contributed by atoms with van der Waals surface area (Å²) >= 11 is 0. The van der Waals surface area contributed by atoms with Crippen molar-refractivity contribution in [3.8, 4) is 0 Å². The number of hydrogen-bond donors (Lipinski definition) is 2. The summed E-state index contributed by atoms with van der Waals surface area (Å²) in [5.74, 6) is 8.80. The summed E-state index contributed by atoms with van der Waals surface area (Å²) < 4.78 is 23.2. The second kappa shape index (κ2) is 7.93. The molecule has 2 aliphatic rings. The number of rotatable bonds is 7. The van der Waals surface area contributed by atoms with Crippen LogP contribution < -0.4 is 11.3 Å². The van der Waals surface area contributed by atoms with E-state index in [0.717, 1.165) is 24.7 Å². The fourth-order valence-electron chi connectivity index (χ4n) is 4.40. The molecule has 0 aromatic heterocycles. The predicted molar refractivity (Wildman–Crippen MR) is 87.5 cm³/mol. The van der Waals surface area contributed by atoms with Crippen molar-refractivity contribution in [2.75, 3.05) is 11.5 Å². The van der Waals surface area contributed by atoms with Crippen molar-refractivity contribution in [3.63, 3.8) is 0 Å². The third-order valence-corrected chi connectivity index (χ3v) is 7.56. The molecule has 4 unspecified atom stereocenters. The van der Waals surface area contributed by atoms with Crippen LogP contribution in [-0.2, 0) is 9.84 Å².